The second-order valence-electron chi connectivity index (χ2n) is 8.63. The second kappa shape index (κ2) is 9.34. The predicted molar refractivity (Wildman–Crippen MR) is 134 cm³/mol. The van der Waals surface area contributed by atoms with Crippen LogP contribution in [0.5, 0.6) is 0 Å². The Bertz CT molecular complexity index is 1200. The molecule has 4 rings (SSSR count). The summed E-state index contributed by atoms with van der Waals surface area (Å²) in [4.78, 5) is 37.3. The lowest BCUT2D eigenvalue weighted by Gasteiger charge is -2.35. The van der Waals surface area contributed by atoms with Crippen molar-refractivity contribution in [3.8, 4) is 0 Å². The largest absolute Gasteiger partial charge is 0.444 e. The molecule has 0 saturated carbocycles. The molecule has 11 heteroatoms. The van der Waals surface area contributed by atoms with Gasteiger partial charge in [0.2, 0.25) is 0 Å². The minimum atomic E-state index is -0.551. The number of carbonyl (C=O) groups excluding carboxylic acids is 2. The van der Waals surface area contributed by atoms with Gasteiger partial charge >= 0.3 is 6.09 Å². The maximum atomic E-state index is 13.0. The molecule has 1 saturated heterocycles. The van der Waals surface area contributed by atoms with E-state index in [4.69, 9.17) is 16.3 Å². The molecule has 1 aliphatic rings. The van der Waals surface area contributed by atoms with Crippen LogP contribution in [0, 0.1) is 3.70 Å². The number of carbonyl (C=O) groups is 2. The van der Waals surface area contributed by atoms with E-state index in [1.807, 2.05) is 31.4 Å². The molecule has 0 bridgehead atoms. The number of nitrogens with zero attached hydrogens (tertiary/aromatic N) is 5. The van der Waals surface area contributed by atoms with Gasteiger partial charge in [0.1, 0.15) is 9.30 Å². The average molecular weight is 583 g/mol. The van der Waals surface area contributed by atoms with Gasteiger partial charge in [-0.3, -0.25) is 9.20 Å². The molecule has 0 atom stereocenters. The highest BCUT2D eigenvalue weighted by molar-refractivity contribution is 14.1. The van der Waals surface area contributed by atoms with Crippen LogP contribution < -0.4 is 5.32 Å². The number of amides is 2. The van der Waals surface area contributed by atoms with Gasteiger partial charge in [0.15, 0.2) is 11.5 Å². The van der Waals surface area contributed by atoms with Gasteiger partial charge in [-0.2, -0.15) is 0 Å². The third-order valence-electron chi connectivity index (χ3n) is 5.06. The van der Waals surface area contributed by atoms with Crippen molar-refractivity contribution in [2.75, 3.05) is 31.5 Å². The van der Waals surface area contributed by atoms with Gasteiger partial charge in [-0.25, -0.2) is 14.8 Å². The van der Waals surface area contributed by atoms with Crippen LogP contribution in [0.15, 0.2) is 36.8 Å². The van der Waals surface area contributed by atoms with Crippen LogP contribution in [-0.2, 0) is 4.74 Å². The first-order valence-corrected chi connectivity index (χ1v) is 11.9. The topological polar surface area (TPSA) is 92.1 Å². The summed E-state index contributed by atoms with van der Waals surface area (Å²) < 4.78 is 8.30. The zero-order valence-corrected chi connectivity index (χ0v) is 21.4. The average Bonchev–Trinajstić information content (AvgIpc) is 3.14. The lowest BCUT2D eigenvalue weighted by molar-refractivity contribution is 0.0141. The third-order valence-corrected chi connectivity index (χ3v) is 6.17. The Labute approximate surface area is 210 Å². The highest BCUT2D eigenvalue weighted by atomic mass is 127. The van der Waals surface area contributed by atoms with Crippen molar-refractivity contribution in [2.45, 2.75) is 26.4 Å². The number of hydrogen-bond acceptors (Lipinski definition) is 6. The van der Waals surface area contributed by atoms with Crippen LogP contribution in [0.1, 0.15) is 31.1 Å². The van der Waals surface area contributed by atoms with Gasteiger partial charge in [0, 0.05) is 44.3 Å². The standard InChI is InChI=1S/C22H24ClIN6O3/c1-22(2,3)33-21(32)29-10-8-28(9-11-29)20(31)15-5-4-14(12-16(15)23)27-18-19-26-13-17(24)30(19)7-6-25-18/h4-7,12-13H,8-11H2,1-3H3,(H,25,27). The molecule has 0 unspecified atom stereocenters. The number of halogens is 2. The molecule has 2 amide bonds. The molecule has 1 fully saturated rings. The lowest BCUT2D eigenvalue weighted by atomic mass is 10.1. The Morgan fingerprint density at radius 2 is 1.82 bits per heavy atom. The van der Waals surface area contributed by atoms with E-state index in [0.717, 1.165) is 3.70 Å². The molecular weight excluding hydrogens is 559 g/mol. The van der Waals surface area contributed by atoms with Crippen LogP contribution in [-0.4, -0.2) is 67.9 Å². The lowest BCUT2D eigenvalue weighted by Crippen LogP contribution is -2.51. The Hall–Kier alpha value is -2.60. The Morgan fingerprint density at radius 3 is 2.48 bits per heavy atom. The summed E-state index contributed by atoms with van der Waals surface area (Å²) in [6.07, 6.45) is 4.93. The molecular formula is C22H24ClIN6O3. The number of fused-ring (bicyclic) bond motifs is 1. The second-order valence-corrected chi connectivity index (χ2v) is 10.1. The normalized spacial score (nSPS) is 14.5. The molecule has 174 valence electrons. The fourth-order valence-corrected chi connectivity index (χ4v) is 4.26. The fourth-order valence-electron chi connectivity index (χ4n) is 3.47. The first-order chi connectivity index (χ1) is 15.6. The summed E-state index contributed by atoms with van der Waals surface area (Å²) in [6, 6.07) is 5.18. The molecule has 2 aromatic heterocycles. The third kappa shape index (κ3) is 5.32. The summed E-state index contributed by atoms with van der Waals surface area (Å²) in [6.45, 7) is 7.15. The quantitative estimate of drug-likeness (QED) is 0.460. The zero-order valence-electron chi connectivity index (χ0n) is 18.5. The smallest absolute Gasteiger partial charge is 0.410 e. The number of ether oxygens (including phenoxy) is 1. The first kappa shape index (κ1) is 23.6. The molecule has 3 heterocycles. The van der Waals surface area contributed by atoms with E-state index in [2.05, 4.69) is 37.9 Å². The maximum Gasteiger partial charge on any atom is 0.410 e. The van der Waals surface area contributed by atoms with E-state index in [9.17, 15) is 9.59 Å². The van der Waals surface area contributed by atoms with Crippen LogP contribution >= 0.6 is 34.2 Å². The highest BCUT2D eigenvalue weighted by Crippen LogP contribution is 2.26. The van der Waals surface area contributed by atoms with E-state index in [1.54, 1.807) is 40.4 Å². The summed E-state index contributed by atoms with van der Waals surface area (Å²) in [5, 5.41) is 3.56. The summed E-state index contributed by atoms with van der Waals surface area (Å²) in [5.41, 5.74) is 1.25. The molecule has 33 heavy (non-hydrogen) atoms. The number of aromatic nitrogens is 3. The maximum absolute atomic E-state index is 13.0. The van der Waals surface area contributed by atoms with Crippen molar-refractivity contribution < 1.29 is 14.3 Å². The molecule has 0 radical (unpaired) electrons. The molecule has 3 aromatic rings. The van der Waals surface area contributed by atoms with E-state index >= 15 is 0 Å². The van der Waals surface area contributed by atoms with Crippen LogP contribution in [0.2, 0.25) is 5.02 Å². The Kier molecular flexibility index (Phi) is 6.66. The number of benzene rings is 1. The SMILES string of the molecule is CC(C)(C)OC(=O)N1CCN(C(=O)c2ccc(Nc3nccn4c(I)cnc34)cc2Cl)CC1. The van der Waals surface area contributed by atoms with Crippen LogP contribution in [0.3, 0.4) is 0 Å². The van der Waals surface area contributed by atoms with Crippen molar-refractivity contribution in [1.29, 1.82) is 0 Å². The zero-order chi connectivity index (χ0) is 23.8. The molecule has 1 aliphatic heterocycles. The van der Waals surface area contributed by atoms with Gasteiger partial charge in [-0.05, 0) is 61.6 Å². The fraction of sp³-hybridized carbons (Fsp3) is 0.364. The minimum Gasteiger partial charge on any atom is -0.444 e. The van der Waals surface area contributed by atoms with Crippen molar-refractivity contribution in [3.63, 3.8) is 0 Å². The summed E-state index contributed by atoms with van der Waals surface area (Å²) in [5.74, 6) is 0.423. The number of rotatable bonds is 3. The number of nitrogens with one attached hydrogen (secondary N) is 1. The van der Waals surface area contributed by atoms with Gasteiger partial charge in [-0.1, -0.05) is 11.6 Å². The van der Waals surface area contributed by atoms with E-state index in [1.165, 1.54) is 0 Å². The van der Waals surface area contributed by atoms with Gasteiger partial charge in [0.05, 0.1) is 16.8 Å². The number of piperazine rings is 1. The highest BCUT2D eigenvalue weighted by Gasteiger charge is 2.28. The molecule has 0 spiro atoms. The monoisotopic (exact) mass is 582 g/mol. The Morgan fingerprint density at radius 1 is 1.12 bits per heavy atom. The number of anilines is 2. The van der Waals surface area contributed by atoms with Gasteiger partial charge in [-0.15, -0.1) is 0 Å². The van der Waals surface area contributed by atoms with Crippen LogP contribution in [0.25, 0.3) is 5.65 Å². The Balaban J connectivity index is 1.42. The van der Waals surface area contributed by atoms with Crippen molar-refractivity contribution in [1.82, 2.24) is 24.2 Å². The molecule has 0 aliphatic carbocycles. The van der Waals surface area contributed by atoms with Crippen LogP contribution in [0.4, 0.5) is 16.3 Å². The van der Waals surface area contributed by atoms with E-state index < -0.39 is 5.60 Å². The molecule has 1 N–H and O–H groups in total. The van der Waals surface area contributed by atoms with Gasteiger partial charge in [0.25, 0.3) is 5.91 Å². The number of hydrogen-bond donors (Lipinski definition) is 1. The van der Waals surface area contributed by atoms with E-state index in [-0.39, 0.29) is 12.0 Å². The summed E-state index contributed by atoms with van der Waals surface area (Å²) >= 11 is 8.67. The molecule has 1 aromatic carbocycles. The van der Waals surface area contributed by atoms with Crippen molar-refractivity contribution >= 4 is 63.3 Å². The minimum absolute atomic E-state index is 0.168. The van der Waals surface area contributed by atoms with Crippen molar-refractivity contribution in [3.05, 3.63) is 51.1 Å². The predicted octanol–water partition coefficient (Wildman–Crippen LogP) is 4.42. The van der Waals surface area contributed by atoms with Crippen molar-refractivity contribution in [2.24, 2.45) is 0 Å². The van der Waals surface area contributed by atoms with E-state index in [0.29, 0.717) is 53.9 Å². The molecule has 9 nitrogen and oxygen atoms in total. The first-order valence-electron chi connectivity index (χ1n) is 10.4. The van der Waals surface area contributed by atoms with Gasteiger partial charge < -0.3 is 19.9 Å². The summed E-state index contributed by atoms with van der Waals surface area (Å²) in [7, 11) is 0. The number of imidazole rings is 1.